The Morgan fingerprint density at radius 2 is 2.08 bits per heavy atom. The predicted octanol–water partition coefficient (Wildman–Crippen LogP) is 2.05. The largest absolute Gasteiger partial charge is 0.494 e. The molecule has 26 heavy (non-hydrogen) atoms. The zero-order chi connectivity index (χ0) is 18.5. The van der Waals surface area contributed by atoms with E-state index >= 15 is 0 Å². The third-order valence-corrected chi connectivity index (χ3v) is 4.13. The number of benzene rings is 1. The van der Waals surface area contributed by atoms with Crippen molar-refractivity contribution in [3.05, 3.63) is 30.2 Å². The summed E-state index contributed by atoms with van der Waals surface area (Å²) < 4.78 is 10.6. The van der Waals surface area contributed by atoms with Crippen LogP contribution in [0.1, 0.15) is 32.1 Å². The highest BCUT2D eigenvalue weighted by Crippen LogP contribution is 2.32. The number of aromatic nitrogens is 2. The van der Waals surface area contributed by atoms with Gasteiger partial charge in [-0.3, -0.25) is 4.79 Å². The first-order chi connectivity index (χ1) is 12.6. The Hall–Kier alpha value is -2.90. The lowest BCUT2D eigenvalue weighted by Crippen LogP contribution is -2.42. The van der Waals surface area contributed by atoms with Gasteiger partial charge in [0.1, 0.15) is 11.8 Å². The SMILES string of the molecule is CCOc1ccc(-c2noc(CCC(=O)NC(C(=O)O)C3CC3)n2)cc1. The van der Waals surface area contributed by atoms with Crippen LogP contribution in [0.3, 0.4) is 0 Å². The van der Waals surface area contributed by atoms with Crippen molar-refractivity contribution < 1.29 is 24.0 Å². The van der Waals surface area contributed by atoms with Crippen LogP contribution in [-0.4, -0.2) is 39.8 Å². The van der Waals surface area contributed by atoms with Crippen molar-refractivity contribution in [1.82, 2.24) is 15.5 Å². The van der Waals surface area contributed by atoms with Crippen molar-refractivity contribution >= 4 is 11.9 Å². The van der Waals surface area contributed by atoms with Crippen molar-refractivity contribution in [3.63, 3.8) is 0 Å². The summed E-state index contributed by atoms with van der Waals surface area (Å²) in [5, 5.41) is 15.6. The summed E-state index contributed by atoms with van der Waals surface area (Å²) in [6, 6.07) is 6.52. The summed E-state index contributed by atoms with van der Waals surface area (Å²) in [7, 11) is 0. The molecule has 138 valence electrons. The Labute approximate surface area is 150 Å². The van der Waals surface area contributed by atoms with E-state index < -0.39 is 12.0 Å². The number of nitrogens with one attached hydrogen (secondary N) is 1. The topological polar surface area (TPSA) is 115 Å². The third kappa shape index (κ3) is 4.59. The zero-order valence-electron chi connectivity index (χ0n) is 14.5. The van der Waals surface area contributed by atoms with Crippen molar-refractivity contribution in [1.29, 1.82) is 0 Å². The van der Waals surface area contributed by atoms with E-state index in [1.54, 1.807) is 0 Å². The van der Waals surface area contributed by atoms with Crippen molar-refractivity contribution in [2.75, 3.05) is 6.61 Å². The molecule has 2 aromatic rings. The number of rotatable bonds is 9. The molecule has 1 saturated carbocycles. The van der Waals surface area contributed by atoms with E-state index in [0.29, 0.717) is 18.3 Å². The lowest BCUT2D eigenvalue weighted by Gasteiger charge is -2.12. The van der Waals surface area contributed by atoms with Gasteiger partial charge in [0.2, 0.25) is 17.6 Å². The van der Waals surface area contributed by atoms with Crippen molar-refractivity contribution in [3.8, 4) is 17.1 Å². The van der Waals surface area contributed by atoms with Crippen LogP contribution in [0, 0.1) is 5.92 Å². The monoisotopic (exact) mass is 359 g/mol. The number of carbonyl (C=O) groups is 2. The molecule has 8 heteroatoms. The molecular weight excluding hydrogens is 338 g/mol. The summed E-state index contributed by atoms with van der Waals surface area (Å²) in [5.41, 5.74) is 0.785. The second-order valence-electron chi connectivity index (χ2n) is 6.19. The maximum atomic E-state index is 12.0. The maximum Gasteiger partial charge on any atom is 0.326 e. The Bertz CT molecular complexity index is 767. The summed E-state index contributed by atoms with van der Waals surface area (Å²) in [6.07, 6.45) is 2.03. The van der Waals surface area contributed by atoms with Gasteiger partial charge in [0.05, 0.1) is 6.61 Å². The molecule has 8 nitrogen and oxygen atoms in total. The average Bonchev–Trinajstić information content (AvgIpc) is 3.36. The van der Waals surface area contributed by atoms with Gasteiger partial charge in [-0.25, -0.2) is 4.79 Å². The number of aliphatic carboxylic acids is 1. The third-order valence-electron chi connectivity index (χ3n) is 4.13. The number of aryl methyl sites for hydroxylation is 1. The van der Waals surface area contributed by atoms with E-state index in [4.69, 9.17) is 14.4 Å². The molecule has 1 aromatic carbocycles. The lowest BCUT2D eigenvalue weighted by molar-refractivity contribution is -0.142. The Balaban J connectivity index is 1.53. The molecular formula is C18H21N3O5. The van der Waals surface area contributed by atoms with Gasteiger partial charge >= 0.3 is 5.97 Å². The van der Waals surface area contributed by atoms with Crippen molar-refractivity contribution in [2.24, 2.45) is 5.92 Å². The molecule has 1 aromatic heterocycles. The van der Waals surface area contributed by atoms with Gasteiger partial charge in [0, 0.05) is 18.4 Å². The van der Waals surface area contributed by atoms with Gasteiger partial charge < -0.3 is 19.7 Å². The normalized spacial score (nSPS) is 14.7. The van der Waals surface area contributed by atoms with Gasteiger partial charge in [0.25, 0.3) is 0 Å². The van der Waals surface area contributed by atoms with Gasteiger partial charge in [-0.1, -0.05) is 5.16 Å². The van der Waals surface area contributed by atoms with Gasteiger partial charge in [-0.05, 0) is 49.9 Å². The van der Waals surface area contributed by atoms with Crippen LogP contribution < -0.4 is 10.1 Å². The van der Waals surface area contributed by atoms with Gasteiger partial charge in [-0.15, -0.1) is 0 Å². The fourth-order valence-corrected chi connectivity index (χ4v) is 2.62. The van der Waals surface area contributed by atoms with Gasteiger partial charge in [0.15, 0.2) is 0 Å². The first-order valence-electron chi connectivity index (χ1n) is 8.64. The van der Waals surface area contributed by atoms with Crippen LogP contribution >= 0.6 is 0 Å². The second kappa shape index (κ2) is 7.99. The quantitative estimate of drug-likeness (QED) is 0.704. The summed E-state index contributed by atoms with van der Waals surface area (Å²) >= 11 is 0. The van der Waals surface area contributed by atoms with E-state index in [1.165, 1.54) is 0 Å². The highest BCUT2D eigenvalue weighted by Gasteiger charge is 2.37. The minimum absolute atomic E-state index is 0.0473. The summed E-state index contributed by atoms with van der Waals surface area (Å²) in [6.45, 7) is 2.51. The number of nitrogens with zero attached hydrogens (tertiary/aromatic N) is 2. The molecule has 1 aliphatic rings. The van der Waals surface area contributed by atoms with E-state index in [1.807, 2.05) is 31.2 Å². The van der Waals surface area contributed by atoms with E-state index in [0.717, 1.165) is 24.2 Å². The number of hydrogen-bond acceptors (Lipinski definition) is 6. The zero-order valence-corrected chi connectivity index (χ0v) is 14.5. The minimum Gasteiger partial charge on any atom is -0.494 e. The number of carbonyl (C=O) groups excluding carboxylic acids is 1. The first kappa shape index (κ1) is 17.9. The maximum absolute atomic E-state index is 12.0. The molecule has 0 aliphatic heterocycles. The number of ether oxygens (including phenoxy) is 1. The molecule has 2 N–H and O–H groups in total. The predicted molar refractivity (Wildman–Crippen MR) is 91.5 cm³/mol. The Kier molecular flexibility index (Phi) is 5.50. The van der Waals surface area contributed by atoms with E-state index in [-0.39, 0.29) is 24.7 Å². The van der Waals surface area contributed by atoms with Gasteiger partial charge in [-0.2, -0.15) is 4.98 Å². The van der Waals surface area contributed by atoms with Crippen LogP contribution in [0.5, 0.6) is 5.75 Å². The van der Waals surface area contributed by atoms with Crippen LogP contribution in [-0.2, 0) is 16.0 Å². The highest BCUT2D eigenvalue weighted by molar-refractivity contribution is 5.84. The molecule has 0 radical (unpaired) electrons. The smallest absolute Gasteiger partial charge is 0.326 e. The van der Waals surface area contributed by atoms with Crippen LogP contribution in [0.15, 0.2) is 28.8 Å². The van der Waals surface area contributed by atoms with Crippen LogP contribution in [0.25, 0.3) is 11.4 Å². The molecule has 1 fully saturated rings. The van der Waals surface area contributed by atoms with E-state index in [2.05, 4.69) is 15.5 Å². The van der Waals surface area contributed by atoms with Crippen LogP contribution in [0.4, 0.5) is 0 Å². The van der Waals surface area contributed by atoms with E-state index in [9.17, 15) is 9.59 Å². The molecule has 1 unspecified atom stereocenters. The fourth-order valence-electron chi connectivity index (χ4n) is 2.62. The first-order valence-corrected chi connectivity index (χ1v) is 8.64. The fraction of sp³-hybridized carbons (Fsp3) is 0.444. The summed E-state index contributed by atoms with van der Waals surface area (Å²) in [4.78, 5) is 27.4. The molecule has 1 heterocycles. The molecule has 0 spiro atoms. The van der Waals surface area contributed by atoms with Crippen molar-refractivity contribution in [2.45, 2.75) is 38.6 Å². The molecule has 1 aliphatic carbocycles. The summed E-state index contributed by atoms with van der Waals surface area (Å²) in [5.74, 6) is 0.264. The molecule has 3 rings (SSSR count). The Morgan fingerprint density at radius 3 is 2.69 bits per heavy atom. The molecule has 1 amide bonds. The highest BCUT2D eigenvalue weighted by atomic mass is 16.5. The number of carboxylic acids is 1. The molecule has 1 atom stereocenters. The number of carboxylic acid groups (broad SMARTS) is 1. The number of amides is 1. The average molecular weight is 359 g/mol. The molecule has 0 saturated heterocycles. The lowest BCUT2D eigenvalue weighted by atomic mass is 10.1. The van der Waals surface area contributed by atoms with Crippen LogP contribution in [0.2, 0.25) is 0 Å². The molecule has 0 bridgehead atoms. The second-order valence-corrected chi connectivity index (χ2v) is 6.19. The Morgan fingerprint density at radius 1 is 1.35 bits per heavy atom. The standard InChI is InChI=1S/C18H21N3O5/c1-2-25-13-7-5-12(6-8-13)17-20-15(26-21-17)10-9-14(22)19-16(18(23)24)11-3-4-11/h5-8,11,16H,2-4,9-10H2,1H3,(H,19,22)(H,23,24). The number of hydrogen-bond donors (Lipinski definition) is 2. The minimum atomic E-state index is -0.989.